The second-order valence-electron chi connectivity index (χ2n) is 12.3. The Bertz CT molecular complexity index is 1200. The fourth-order valence-corrected chi connectivity index (χ4v) is 8.34. The molecule has 4 fully saturated rings. The average molecular weight is 529 g/mol. The van der Waals surface area contributed by atoms with E-state index in [-0.39, 0.29) is 24.5 Å². The summed E-state index contributed by atoms with van der Waals surface area (Å²) in [5.41, 5.74) is -2.10. The summed E-state index contributed by atoms with van der Waals surface area (Å²) in [7, 11) is 1.23. The number of hydrogen-bond donors (Lipinski definition) is 0. The van der Waals surface area contributed by atoms with Gasteiger partial charge >= 0.3 is 17.9 Å². The van der Waals surface area contributed by atoms with Crippen molar-refractivity contribution in [2.75, 3.05) is 7.11 Å². The van der Waals surface area contributed by atoms with Crippen molar-refractivity contribution in [1.29, 1.82) is 0 Å². The topological polar surface area (TPSA) is 118 Å². The summed E-state index contributed by atoms with van der Waals surface area (Å²) in [6.45, 7) is 13.4. The van der Waals surface area contributed by atoms with E-state index in [0.717, 1.165) is 11.1 Å². The predicted molar refractivity (Wildman–Crippen MR) is 132 cm³/mol. The minimum absolute atomic E-state index is 0.0214. The molecular weight excluding hydrogens is 492 g/mol. The van der Waals surface area contributed by atoms with Gasteiger partial charge in [-0.25, -0.2) is 4.79 Å². The minimum Gasteiger partial charge on any atom is -0.472 e. The van der Waals surface area contributed by atoms with Crippen LogP contribution in [-0.2, 0) is 38.1 Å². The number of carbonyl (C=O) groups is 4. The lowest BCUT2D eigenvalue weighted by atomic mass is 9.41. The standard InChI is InChI=1S/C29H36O9/c1-15-18-8-10-27(5)24(17-9-11-35-14-17)37-21(32)13-29(15,27)38-20-12-19(31)26(3,4)23(28(18,20)6)22(25(33)34-7)36-16(2)30/h9,11,14,18,20,22-24H,1,8,10,12-13H2,2-7H3/t18?,20?,22?,23?,24?,27-,28-,29-/m0/s1. The van der Waals surface area contributed by atoms with Crippen LogP contribution in [0.4, 0.5) is 0 Å². The number of furan rings is 1. The van der Waals surface area contributed by atoms with Crippen LogP contribution in [0.15, 0.2) is 35.2 Å². The summed E-state index contributed by atoms with van der Waals surface area (Å²) in [4.78, 5) is 52.0. The summed E-state index contributed by atoms with van der Waals surface area (Å²) < 4.78 is 28.8. The molecule has 206 valence electrons. The molecule has 0 aromatic carbocycles. The highest BCUT2D eigenvalue weighted by Crippen LogP contribution is 2.71. The maximum Gasteiger partial charge on any atom is 0.347 e. The van der Waals surface area contributed by atoms with E-state index in [4.69, 9.17) is 23.4 Å². The molecule has 2 aliphatic carbocycles. The lowest BCUT2D eigenvalue weighted by molar-refractivity contribution is -0.303. The van der Waals surface area contributed by atoms with Gasteiger partial charge < -0.3 is 23.4 Å². The highest BCUT2D eigenvalue weighted by Gasteiger charge is 2.74. The third-order valence-corrected chi connectivity index (χ3v) is 10.2. The molecule has 2 aliphatic heterocycles. The SMILES string of the molecule is C=C1C2CC[C@@]3(C)C(c4ccoc4)OC(=O)C[C@]13OC1CC(=O)C(C)(C)C(C(OC(C)=O)C(=O)OC)[C@]12C. The Hall–Kier alpha value is -2.94. The summed E-state index contributed by atoms with van der Waals surface area (Å²) in [5, 5.41) is 0. The Labute approximate surface area is 222 Å². The van der Waals surface area contributed by atoms with E-state index in [1.165, 1.54) is 14.0 Å². The van der Waals surface area contributed by atoms with Crippen molar-refractivity contribution in [3.8, 4) is 0 Å². The van der Waals surface area contributed by atoms with Crippen LogP contribution < -0.4 is 0 Å². The molecule has 38 heavy (non-hydrogen) atoms. The number of fused-ring (bicyclic) bond motifs is 3. The van der Waals surface area contributed by atoms with Gasteiger partial charge in [-0.3, -0.25) is 14.4 Å². The lowest BCUT2D eigenvalue weighted by Crippen LogP contribution is -2.74. The van der Waals surface area contributed by atoms with Crippen LogP contribution in [0.2, 0.25) is 0 Å². The molecule has 1 aromatic heterocycles. The third kappa shape index (κ3) is 3.33. The Morgan fingerprint density at radius 3 is 2.50 bits per heavy atom. The first-order valence-corrected chi connectivity index (χ1v) is 13.1. The smallest absolute Gasteiger partial charge is 0.347 e. The van der Waals surface area contributed by atoms with Crippen molar-refractivity contribution in [3.05, 3.63) is 36.3 Å². The van der Waals surface area contributed by atoms with Gasteiger partial charge in [-0.05, 0) is 30.4 Å². The van der Waals surface area contributed by atoms with Gasteiger partial charge in [0, 0.05) is 41.1 Å². The molecule has 4 aliphatic rings. The Morgan fingerprint density at radius 1 is 1.18 bits per heavy atom. The number of ether oxygens (including phenoxy) is 4. The molecule has 9 heteroatoms. The third-order valence-electron chi connectivity index (χ3n) is 10.2. The monoisotopic (exact) mass is 528 g/mol. The molecule has 0 N–H and O–H groups in total. The van der Waals surface area contributed by atoms with Crippen LogP contribution in [0.5, 0.6) is 0 Å². The highest BCUT2D eigenvalue weighted by molar-refractivity contribution is 5.89. The first-order valence-electron chi connectivity index (χ1n) is 13.1. The quantitative estimate of drug-likeness (QED) is 0.323. The Kier molecular flexibility index (Phi) is 5.98. The minimum atomic E-state index is -1.31. The summed E-state index contributed by atoms with van der Waals surface area (Å²) >= 11 is 0. The largest absolute Gasteiger partial charge is 0.472 e. The maximum atomic E-state index is 13.7. The zero-order valence-corrected chi connectivity index (χ0v) is 22.8. The number of methoxy groups -OCH3 is 1. The number of esters is 3. The molecular formula is C29H36O9. The molecule has 9 nitrogen and oxygen atoms in total. The van der Waals surface area contributed by atoms with E-state index in [1.807, 2.05) is 13.8 Å². The van der Waals surface area contributed by atoms with Crippen LogP contribution in [0.3, 0.4) is 0 Å². The van der Waals surface area contributed by atoms with Gasteiger partial charge in [0.2, 0.25) is 6.10 Å². The van der Waals surface area contributed by atoms with Crippen LogP contribution in [0, 0.1) is 28.1 Å². The number of rotatable bonds is 4. The number of hydrogen-bond acceptors (Lipinski definition) is 9. The van der Waals surface area contributed by atoms with E-state index in [9.17, 15) is 19.2 Å². The molecule has 5 rings (SSSR count). The van der Waals surface area contributed by atoms with Gasteiger partial charge in [0.05, 0.1) is 32.2 Å². The van der Waals surface area contributed by atoms with E-state index < -0.39 is 64.0 Å². The summed E-state index contributed by atoms with van der Waals surface area (Å²) in [6, 6.07) is 1.78. The molecule has 5 unspecified atom stereocenters. The van der Waals surface area contributed by atoms with E-state index >= 15 is 0 Å². The van der Waals surface area contributed by atoms with Gasteiger partial charge in [-0.15, -0.1) is 0 Å². The lowest BCUT2D eigenvalue weighted by Gasteiger charge is -2.70. The van der Waals surface area contributed by atoms with Crippen LogP contribution >= 0.6 is 0 Å². The molecule has 2 saturated heterocycles. The van der Waals surface area contributed by atoms with Gasteiger partial charge in [0.15, 0.2) is 0 Å². The van der Waals surface area contributed by atoms with Crippen LogP contribution in [-0.4, -0.2) is 48.6 Å². The summed E-state index contributed by atoms with van der Waals surface area (Å²) in [6.07, 6.45) is 1.93. The second-order valence-corrected chi connectivity index (χ2v) is 12.3. The van der Waals surface area contributed by atoms with E-state index in [2.05, 4.69) is 6.58 Å². The van der Waals surface area contributed by atoms with Crippen molar-refractivity contribution < 1.29 is 42.5 Å². The molecule has 0 radical (unpaired) electrons. The van der Waals surface area contributed by atoms with Crippen molar-refractivity contribution in [1.82, 2.24) is 0 Å². The first kappa shape index (κ1) is 26.7. The molecule has 1 spiro atoms. The van der Waals surface area contributed by atoms with E-state index in [0.29, 0.717) is 12.8 Å². The average Bonchev–Trinajstić information content (AvgIpc) is 3.36. The number of ketones is 1. The Balaban J connectivity index is 1.66. The van der Waals surface area contributed by atoms with Gasteiger partial charge in [0.1, 0.15) is 17.5 Å². The Morgan fingerprint density at radius 2 is 1.89 bits per heavy atom. The molecule has 2 bridgehead atoms. The van der Waals surface area contributed by atoms with Crippen molar-refractivity contribution >= 4 is 23.7 Å². The van der Waals surface area contributed by atoms with Gasteiger partial charge in [0.25, 0.3) is 0 Å². The number of carbonyl (C=O) groups excluding carboxylic acids is 4. The zero-order chi connectivity index (χ0) is 27.8. The van der Waals surface area contributed by atoms with E-state index in [1.54, 1.807) is 32.4 Å². The fraction of sp³-hybridized carbons (Fsp3) is 0.655. The van der Waals surface area contributed by atoms with Gasteiger partial charge in [-0.2, -0.15) is 0 Å². The first-order chi connectivity index (χ1) is 17.7. The normalized spacial score (nSPS) is 40.3. The second kappa shape index (κ2) is 8.53. The number of cyclic esters (lactones) is 1. The molecule has 8 atom stereocenters. The molecule has 1 aromatic rings. The molecule has 0 amide bonds. The maximum absolute atomic E-state index is 13.7. The van der Waals surface area contributed by atoms with Crippen LogP contribution in [0.25, 0.3) is 0 Å². The molecule has 2 saturated carbocycles. The predicted octanol–water partition coefficient (Wildman–Crippen LogP) is 4.10. The summed E-state index contributed by atoms with van der Waals surface area (Å²) in [5.74, 6) is -2.85. The zero-order valence-electron chi connectivity index (χ0n) is 22.8. The fourth-order valence-electron chi connectivity index (χ4n) is 8.34. The van der Waals surface area contributed by atoms with Crippen molar-refractivity contribution in [3.63, 3.8) is 0 Å². The van der Waals surface area contributed by atoms with Gasteiger partial charge in [-0.1, -0.05) is 34.3 Å². The molecule has 3 heterocycles. The van der Waals surface area contributed by atoms with Crippen molar-refractivity contribution in [2.45, 2.75) is 84.2 Å². The number of Topliss-reactive ketones (excluding diaryl/α,β-unsaturated/α-hetero) is 1. The highest BCUT2D eigenvalue weighted by atomic mass is 16.6. The van der Waals surface area contributed by atoms with Crippen molar-refractivity contribution in [2.24, 2.45) is 28.1 Å². The van der Waals surface area contributed by atoms with Crippen LogP contribution in [0.1, 0.15) is 72.0 Å².